The summed E-state index contributed by atoms with van der Waals surface area (Å²) >= 11 is 0. The van der Waals surface area contributed by atoms with Crippen LogP contribution in [0.3, 0.4) is 0 Å². The van der Waals surface area contributed by atoms with Crippen LogP contribution < -0.4 is 0 Å². The third-order valence-electron chi connectivity index (χ3n) is 2.43. The van der Waals surface area contributed by atoms with E-state index in [4.69, 9.17) is 4.52 Å². The first kappa shape index (κ1) is 9.61. The summed E-state index contributed by atoms with van der Waals surface area (Å²) in [4.78, 5) is 6.34. The molecule has 2 rings (SSSR count). The minimum Gasteiger partial charge on any atom is -0.392 e. The highest BCUT2D eigenvalue weighted by molar-refractivity contribution is 4.87. The van der Waals surface area contributed by atoms with Crippen molar-refractivity contribution in [3.63, 3.8) is 0 Å². The third kappa shape index (κ3) is 2.10. The fourth-order valence-corrected chi connectivity index (χ4v) is 1.65. The van der Waals surface area contributed by atoms with E-state index in [0.29, 0.717) is 19.0 Å². The molecule has 1 N–H and O–H groups in total. The highest BCUT2D eigenvalue weighted by Gasteiger charge is 2.21. The summed E-state index contributed by atoms with van der Waals surface area (Å²) in [5.41, 5.74) is 0. The van der Waals surface area contributed by atoms with Crippen molar-refractivity contribution in [3.8, 4) is 0 Å². The molecule has 0 radical (unpaired) electrons. The number of aromatic nitrogens is 2. The van der Waals surface area contributed by atoms with Gasteiger partial charge in [0, 0.05) is 19.5 Å². The van der Waals surface area contributed by atoms with E-state index in [1.54, 1.807) is 0 Å². The minimum atomic E-state index is -0.191. The topological polar surface area (TPSA) is 62.4 Å². The Kier molecular flexibility index (Phi) is 2.79. The number of aliphatic hydroxyl groups excluding tert-OH is 1. The van der Waals surface area contributed by atoms with Crippen LogP contribution in [0.5, 0.6) is 0 Å². The molecule has 1 aliphatic heterocycles. The summed E-state index contributed by atoms with van der Waals surface area (Å²) in [5, 5.41) is 13.1. The number of rotatable bonds is 3. The van der Waals surface area contributed by atoms with Crippen LogP contribution in [0.2, 0.25) is 0 Å². The average Bonchev–Trinajstić information content (AvgIpc) is 2.76. The molecule has 0 spiro atoms. The number of hydrogen-bond donors (Lipinski definition) is 1. The average molecular weight is 197 g/mol. The summed E-state index contributed by atoms with van der Waals surface area (Å²) in [7, 11) is 0. The summed E-state index contributed by atoms with van der Waals surface area (Å²) < 4.78 is 5.07. The van der Waals surface area contributed by atoms with E-state index in [1.165, 1.54) is 0 Å². The molecule has 1 aliphatic rings. The van der Waals surface area contributed by atoms with Crippen molar-refractivity contribution < 1.29 is 9.63 Å². The van der Waals surface area contributed by atoms with Gasteiger partial charge in [0.25, 0.3) is 0 Å². The van der Waals surface area contributed by atoms with Crippen molar-refractivity contribution in [3.05, 3.63) is 11.7 Å². The number of aryl methyl sites for hydroxylation is 1. The Hall–Kier alpha value is -0.940. The van der Waals surface area contributed by atoms with Gasteiger partial charge in [0.1, 0.15) is 0 Å². The molecule has 0 amide bonds. The Balaban J connectivity index is 1.90. The van der Waals surface area contributed by atoms with Gasteiger partial charge in [-0.1, -0.05) is 12.1 Å². The van der Waals surface area contributed by atoms with E-state index < -0.39 is 0 Å². The van der Waals surface area contributed by atoms with Crippen molar-refractivity contribution in [1.82, 2.24) is 15.0 Å². The molecule has 5 nitrogen and oxygen atoms in total. The van der Waals surface area contributed by atoms with Gasteiger partial charge >= 0.3 is 0 Å². The quantitative estimate of drug-likeness (QED) is 0.750. The van der Waals surface area contributed by atoms with E-state index in [0.717, 1.165) is 25.2 Å². The minimum absolute atomic E-state index is 0.191. The van der Waals surface area contributed by atoms with Crippen molar-refractivity contribution in [1.29, 1.82) is 0 Å². The molecule has 2 heterocycles. The Bertz CT molecular complexity index is 300. The Morgan fingerprint density at radius 3 is 3.07 bits per heavy atom. The van der Waals surface area contributed by atoms with Crippen LogP contribution in [0, 0.1) is 0 Å². The molecule has 0 unspecified atom stereocenters. The number of β-amino-alcohol motifs (C(OH)–C–C–N with tert-alkyl or cyclic N) is 1. The molecule has 5 heteroatoms. The molecule has 1 saturated heterocycles. The molecule has 0 aliphatic carbocycles. The van der Waals surface area contributed by atoms with Crippen molar-refractivity contribution in [2.75, 3.05) is 13.1 Å². The smallest absolute Gasteiger partial charge is 0.240 e. The Morgan fingerprint density at radius 2 is 2.50 bits per heavy atom. The van der Waals surface area contributed by atoms with Gasteiger partial charge in [-0.3, -0.25) is 4.90 Å². The normalized spacial score (nSPS) is 23.1. The second-order valence-electron chi connectivity index (χ2n) is 3.64. The van der Waals surface area contributed by atoms with E-state index in [-0.39, 0.29) is 6.10 Å². The lowest BCUT2D eigenvalue weighted by Crippen LogP contribution is -2.21. The summed E-state index contributed by atoms with van der Waals surface area (Å²) in [5.74, 6) is 1.40. The lowest BCUT2D eigenvalue weighted by molar-refractivity contribution is 0.169. The maximum atomic E-state index is 9.32. The fraction of sp³-hybridized carbons (Fsp3) is 0.778. The predicted molar refractivity (Wildman–Crippen MR) is 49.6 cm³/mol. The second kappa shape index (κ2) is 4.06. The SMILES string of the molecule is CCc1noc(CN2CC[C@@H](O)C2)n1. The highest BCUT2D eigenvalue weighted by Crippen LogP contribution is 2.12. The first-order valence-corrected chi connectivity index (χ1v) is 5.00. The number of aliphatic hydroxyl groups is 1. The summed E-state index contributed by atoms with van der Waals surface area (Å²) in [6, 6.07) is 0. The van der Waals surface area contributed by atoms with E-state index in [1.807, 2.05) is 6.92 Å². The lowest BCUT2D eigenvalue weighted by Gasteiger charge is -2.10. The van der Waals surface area contributed by atoms with Crippen LogP contribution in [-0.2, 0) is 13.0 Å². The first-order valence-electron chi connectivity index (χ1n) is 5.00. The maximum absolute atomic E-state index is 9.32. The molecule has 1 aromatic heterocycles. The molecular weight excluding hydrogens is 182 g/mol. The molecule has 0 bridgehead atoms. The van der Waals surface area contributed by atoms with Crippen molar-refractivity contribution in [2.24, 2.45) is 0 Å². The monoisotopic (exact) mass is 197 g/mol. The van der Waals surface area contributed by atoms with Crippen LogP contribution in [0.25, 0.3) is 0 Å². The number of hydrogen-bond acceptors (Lipinski definition) is 5. The van der Waals surface area contributed by atoms with Crippen LogP contribution in [0.4, 0.5) is 0 Å². The second-order valence-corrected chi connectivity index (χ2v) is 3.64. The molecule has 1 aromatic rings. The van der Waals surface area contributed by atoms with Gasteiger partial charge in [0.05, 0.1) is 12.6 Å². The van der Waals surface area contributed by atoms with Crippen LogP contribution in [0.15, 0.2) is 4.52 Å². The van der Waals surface area contributed by atoms with Crippen LogP contribution >= 0.6 is 0 Å². The molecule has 0 aromatic carbocycles. The number of likely N-dealkylation sites (tertiary alicyclic amines) is 1. The largest absolute Gasteiger partial charge is 0.392 e. The van der Waals surface area contributed by atoms with Gasteiger partial charge in [0.15, 0.2) is 5.82 Å². The summed E-state index contributed by atoms with van der Waals surface area (Å²) in [6.45, 7) is 4.27. The van der Waals surface area contributed by atoms with E-state index >= 15 is 0 Å². The van der Waals surface area contributed by atoms with E-state index in [2.05, 4.69) is 15.0 Å². The zero-order chi connectivity index (χ0) is 9.97. The van der Waals surface area contributed by atoms with Crippen molar-refractivity contribution >= 4 is 0 Å². The predicted octanol–water partition coefficient (Wildman–Crippen LogP) is 0.199. The summed E-state index contributed by atoms with van der Waals surface area (Å²) in [6.07, 6.45) is 1.45. The van der Waals surface area contributed by atoms with Gasteiger partial charge < -0.3 is 9.63 Å². The van der Waals surface area contributed by atoms with Gasteiger partial charge in [0.2, 0.25) is 5.89 Å². The molecule has 14 heavy (non-hydrogen) atoms. The van der Waals surface area contributed by atoms with Crippen LogP contribution in [-0.4, -0.2) is 39.3 Å². The number of nitrogens with zero attached hydrogens (tertiary/aromatic N) is 3. The zero-order valence-corrected chi connectivity index (χ0v) is 8.31. The van der Waals surface area contributed by atoms with Crippen molar-refractivity contribution in [2.45, 2.75) is 32.4 Å². The maximum Gasteiger partial charge on any atom is 0.240 e. The molecular formula is C9H15N3O2. The molecule has 1 atom stereocenters. The highest BCUT2D eigenvalue weighted by atomic mass is 16.5. The Labute approximate surface area is 82.7 Å². The van der Waals surface area contributed by atoms with Gasteiger partial charge in [-0.05, 0) is 6.42 Å². The van der Waals surface area contributed by atoms with Crippen LogP contribution in [0.1, 0.15) is 25.1 Å². The van der Waals surface area contributed by atoms with Gasteiger partial charge in [-0.15, -0.1) is 0 Å². The van der Waals surface area contributed by atoms with Gasteiger partial charge in [-0.2, -0.15) is 4.98 Å². The van der Waals surface area contributed by atoms with Gasteiger partial charge in [-0.25, -0.2) is 0 Å². The molecule has 0 saturated carbocycles. The zero-order valence-electron chi connectivity index (χ0n) is 8.31. The molecule has 1 fully saturated rings. The Morgan fingerprint density at radius 1 is 1.64 bits per heavy atom. The molecule has 78 valence electrons. The van der Waals surface area contributed by atoms with E-state index in [9.17, 15) is 5.11 Å². The first-order chi connectivity index (χ1) is 6.78. The standard InChI is InChI=1S/C9H15N3O2/c1-2-8-10-9(14-11-8)6-12-4-3-7(13)5-12/h7,13H,2-6H2,1H3/t7-/m1/s1. The third-order valence-corrected chi connectivity index (χ3v) is 2.43. The lowest BCUT2D eigenvalue weighted by atomic mass is 10.3. The fourth-order valence-electron chi connectivity index (χ4n) is 1.65.